The number of nitrogens with zero attached hydrogens (tertiary/aromatic N) is 5. The number of hydrogen-bond acceptors (Lipinski definition) is 7. The molecule has 46 heavy (non-hydrogen) atoms. The number of hydrogen-bond donors (Lipinski definition) is 2. The predicted molar refractivity (Wildman–Crippen MR) is 195 cm³/mol. The standard InChI is InChI=1S/C32H37Cl2N7O3.CH3I/c1-20-9-11-22(12-10-20)41-27(18-26(39-41)32(2,3)4)38-31(43)37-24-13-14-25(30(34)29(24)33)44-28-17-21(35-19-36-28)16-23(42)8-7-15-40(5)6;1-2/h9-14,17-19H,7-8,15-16H2,1-6H3,(H2,37,38,43);1H3/i;1D. The van der Waals surface area contributed by atoms with Crippen LogP contribution >= 0.6 is 45.8 Å². The van der Waals surface area contributed by atoms with E-state index >= 15 is 0 Å². The van der Waals surface area contributed by atoms with Crippen molar-refractivity contribution in [2.45, 2.75) is 52.4 Å². The zero-order valence-corrected chi connectivity index (χ0v) is 30.5. The molecular formula is C33H40Cl2IN7O3. The zero-order valence-electron chi connectivity index (χ0n) is 27.8. The lowest BCUT2D eigenvalue weighted by Gasteiger charge is -2.14. The van der Waals surface area contributed by atoms with E-state index in [2.05, 4.69) is 41.4 Å². The molecule has 0 aliphatic carbocycles. The number of anilines is 2. The summed E-state index contributed by atoms with van der Waals surface area (Å²) in [5.74, 6) is 1.03. The monoisotopic (exact) mass is 780 g/mol. The second kappa shape index (κ2) is 17.1. The predicted octanol–water partition coefficient (Wildman–Crippen LogP) is 8.52. The van der Waals surface area contributed by atoms with Gasteiger partial charge in [-0.2, -0.15) is 5.10 Å². The van der Waals surface area contributed by atoms with Crippen LogP contribution in [0.3, 0.4) is 0 Å². The van der Waals surface area contributed by atoms with Gasteiger partial charge in [-0.3, -0.25) is 10.1 Å². The van der Waals surface area contributed by atoms with E-state index in [0.29, 0.717) is 22.8 Å². The molecule has 0 unspecified atom stereocenters. The van der Waals surface area contributed by atoms with Crippen molar-refractivity contribution in [1.82, 2.24) is 24.6 Å². The number of nitrogens with one attached hydrogen (secondary N) is 2. The number of carbonyl (C=O) groups excluding carboxylic acids is 2. The molecule has 0 fully saturated rings. The fourth-order valence-electron chi connectivity index (χ4n) is 4.22. The van der Waals surface area contributed by atoms with Crippen LogP contribution in [0.2, 0.25) is 10.0 Å². The lowest BCUT2D eigenvalue weighted by Crippen LogP contribution is -2.21. The minimum atomic E-state index is -0.527. The molecule has 0 spiro atoms. The van der Waals surface area contributed by atoms with Gasteiger partial charge in [0.05, 0.1) is 27.8 Å². The Morgan fingerprint density at radius 1 is 1.04 bits per heavy atom. The molecule has 2 N–H and O–H groups in total. The number of carbonyl (C=O) groups is 2. The summed E-state index contributed by atoms with van der Waals surface area (Å²) in [6.45, 7) is 9.01. The largest absolute Gasteiger partial charge is 0.437 e. The van der Waals surface area contributed by atoms with Gasteiger partial charge in [-0.1, -0.05) is 84.3 Å². The molecule has 13 heteroatoms. The average Bonchev–Trinajstić information content (AvgIpc) is 3.42. The first-order chi connectivity index (χ1) is 22.2. The SMILES string of the molecule is Cc1ccc(-n2nc(C(C)(C)C)cc2NC(=O)Nc2ccc(Oc3cc(CC(=O)CCCN(C)C)ncn3)c(Cl)c2Cl)cc1.[2H]CI. The van der Waals surface area contributed by atoms with Crippen molar-refractivity contribution in [3.63, 3.8) is 0 Å². The van der Waals surface area contributed by atoms with Crippen LogP contribution in [0.4, 0.5) is 16.3 Å². The molecule has 0 saturated carbocycles. The third-order valence-corrected chi connectivity index (χ3v) is 7.51. The maximum atomic E-state index is 13.1. The average molecular weight is 782 g/mol. The van der Waals surface area contributed by atoms with Gasteiger partial charge in [0.2, 0.25) is 5.88 Å². The second-order valence-corrected chi connectivity index (χ2v) is 12.6. The van der Waals surface area contributed by atoms with Gasteiger partial charge in [-0.15, -0.1) is 0 Å². The molecule has 0 radical (unpaired) electrons. The Hall–Kier alpha value is -3.26. The molecule has 10 nitrogen and oxygen atoms in total. The quantitative estimate of drug-likeness (QED) is 0.116. The van der Waals surface area contributed by atoms with Crippen LogP contribution in [-0.4, -0.2) is 62.0 Å². The highest BCUT2D eigenvalue weighted by Gasteiger charge is 2.22. The highest BCUT2D eigenvalue weighted by atomic mass is 127. The Morgan fingerprint density at radius 3 is 2.39 bits per heavy atom. The fourth-order valence-corrected chi connectivity index (χ4v) is 4.63. The molecule has 4 aromatic rings. The van der Waals surface area contributed by atoms with Gasteiger partial charge >= 0.3 is 6.03 Å². The van der Waals surface area contributed by atoms with Crippen molar-refractivity contribution in [2.75, 3.05) is 36.2 Å². The van der Waals surface area contributed by atoms with E-state index in [4.69, 9.17) is 34.4 Å². The van der Waals surface area contributed by atoms with Crippen LogP contribution < -0.4 is 15.4 Å². The van der Waals surface area contributed by atoms with E-state index in [1.807, 2.05) is 78.8 Å². The van der Waals surface area contributed by atoms with Crippen molar-refractivity contribution >= 4 is 69.1 Å². The van der Waals surface area contributed by atoms with E-state index in [0.717, 1.165) is 29.9 Å². The van der Waals surface area contributed by atoms with Crippen LogP contribution in [0.15, 0.2) is 54.9 Å². The van der Waals surface area contributed by atoms with E-state index in [1.165, 1.54) is 6.33 Å². The summed E-state index contributed by atoms with van der Waals surface area (Å²) in [5, 5.41) is 10.6. The van der Waals surface area contributed by atoms with E-state index in [9.17, 15) is 9.59 Å². The van der Waals surface area contributed by atoms with Crippen LogP contribution in [0, 0.1) is 6.92 Å². The summed E-state index contributed by atoms with van der Waals surface area (Å²) >= 11 is 15.0. The summed E-state index contributed by atoms with van der Waals surface area (Å²) in [6.07, 6.45) is 2.76. The number of ether oxygens (including phenoxy) is 1. The molecule has 4 rings (SSSR count). The molecule has 0 saturated heterocycles. The summed E-state index contributed by atoms with van der Waals surface area (Å²) in [4.78, 5) is 36.3. The molecule has 2 aromatic carbocycles. The number of halogens is 3. The summed E-state index contributed by atoms with van der Waals surface area (Å²) in [7, 11) is 3.94. The van der Waals surface area contributed by atoms with Gasteiger partial charge in [0.1, 0.15) is 28.7 Å². The van der Waals surface area contributed by atoms with E-state index in [1.54, 1.807) is 22.9 Å². The van der Waals surface area contributed by atoms with E-state index < -0.39 is 6.03 Å². The van der Waals surface area contributed by atoms with Crippen molar-refractivity contribution in [3.05, 3.63) is 81.9 Å². The number of aromatic nitrogens is 4. The number of alkyl halides is 1. The third-order valence-electron chi connectivity index (χ3n) is 6.65. The minimum Gasteiger partial charge on any atom is -0.437 e. The van der Waals surface area contributed by atoms with Gasteiger partial charge in [-0.25, -0.2) is 19.4 Å². The summed E-state index contributed by atoms with van der Waals surface area (Å²) in [5.41, 5.74) is 3.33. The Kier molecular flexibility index (Phi) is 13.2. The maximum absolute atomic E-state index is 13.1. The van der Waals surface area contributed by atoms with Crippen molar-refractivity contribution in [2.24, 2.45) is 0 Å². The number of aryl methyl sites for hydroxylation is 1. The molecule has 2 heterocycles. The minimum absolute atomic E-state index is 0.0860. The first-order valence-corrected chi connectivity index (χ1v) is 16.7. The highest BCUT2D eigenvalue weighted by Crippen LogP contribution is 2.39. The Morgan fingerprint density at radius 2 is 1.74 bits per heavy atom. The zero-order chi connectivity index (χ0) is 34.7. The Labute approximate surface area is 295 Å². The Balaban J connectivity index is 0.00000192. The maximum Gasteiger partial charge on any atom is 0.324 e. The molecule has 2 aromatic heterocycles. The number of rotatable bonds is 11. The van der Waals surface area contributed by atoms with Gasteiger partial charge in [0.25, 0.3) is 0 Å². The topological polar surface area (TPSA) is 114 Å². The smallest absolute Gasteiger partial charge is 0.324 e. The summed E-state index contributed by atoms with van der Waals surface area (Å²) < 4.78 is 13.8. The van der Waals surface area contributed by atoms with Gasteiger partial charge in [0, 0.05) is 31.8 Å². The first-order valence-electron chi connectivity index (χ1n) is 15.2. The molecule has 0 atom stereocenters. The van der Waals surface area contributed by atoms with Crippen LogP contribution in [0.1, 0.15) is 51.9 Å². The number of urea groups is 1. The third kappa shape index (κ3) is 10.6. The number of Topliss-reactive ketones (excluding diaryl/α,β-unsaturated/α-hetero) is 1. The highest BCUT2D eigenvalue weighted by molar-refractivity contribution is 14.1. The number of benzene rings is 2. The van der Waals surface area contributed by atoms with Crippen LogP contribution in [0.5, 0.6) is 11.6 Å². The molecule has 2 amide bonds. The van der Waals surface area contributed by atoms with Crippen molar-refractivity contribution < 1.29 is 15.7 Å². The molecule has 0 aliphatic rings. The number of ketones is 1. The first kappa shape index (κ1) is 35.6. The van der Waals surface area contributed by atoms with Gasteiger partial charge in [-0.05, 0) is 63.2 Å². The van der Waals surface area contributed by atoms with Crippen LogP contribution in [0.25, 0.3) is 5.69 Å². The molecular weight excluding hydrogens is 740 g/mol. The van der Waals surface area contributed by atoms with Crippen LogP contribution in [-0.2, 0) is 16.6 Å². The molecule has 0 bridgehead atoms. The lowest BCUT2D eigenvalue weighted by atomic mass is 9.92. The van der Waals surface area contributed by atoms with Gasteiger partial charge < -0.3 is 15.0 Å². The lowest BCUT2D eigenvalue weighted by molar-refractivity contribution is -0.118. The van der Waals surface area contributed by atoms with Crippen molar-refractivity contribution in [1.29, 1.82) is 0 Å². The molecule has 0 aliphatic heterocycles. The second-order valence-electron chi connectivity index (χ2n) is 11.8. The van der Waals surface area contributed by atoms with Gasteiger partial charge in [0.15, 0.2) is 0 Å². The van der Waals surface area contributed by atoms with E-state index in [-0.39, 0.29) is 45.0 Å². The van der Waals surface area contributed by atoms with Crippen molar-refractivity contribution in [3.8, 4) is 17.3 Å². The molecule has 246 valence electrons. The fraction of sp³-hybridized carbons (Fsp3) is 0.364. The number of amides is 2. The normalized spacial score (nSPS) is 11.4. The Bertz CT molecular complexity index is 1660. The summed E-state index contributed by atoms with van der Waals surface area (Å²) in [6, 6.07) is 13.9.